The van der Waals surface area contributed by atoms with Crippen molar-refractivity contribution in [3.8, 4) is 5.69 Å². The highest BCUT2D eigenvalue weighted by atomic mass is 19.1. The second-order valence-corrected chi connectivity index (χ2v) is 6.05. The maximum atomic E-state index is 13.7. The molecule has 1 amide bonds. The molecule has 5 nitrogen and oxygen atoms in total. The Bertz CT molecular complexity index is 671. The van der Waals surface area contributed by atoms with Gasteiger partial charge in [-0.1, -0.05) is 0 Å². The molecule has 2 aromatic rings. The molecule has 23 heavy (non-hydrogen) atoms. The molecule has 1 aliphatic heterocycles. The van der Waals surface area contributed by atoms with Crippen molar-refractivity contribution < 1.29 is 9.18 Å². The van der Waals surface area contributed by atoms with Crippen molar-refractivity contribution >= 4 is 5.91 Å². The minimum atomic E-state index is -0.232. The summed E-state index contributed by atoms with van der Waals surface area (Å²) in [5, 5.41) is 7.12. The topological polar surface area (TPSA) is 50.2 Å². The van der Waals surface area contributed by atoms with Crippen LogP contribution in [0.15, 0.2) is 36.7 Å². The molecule has 0 unspecified atom stereocenters. The summed E-state index contributed by atoms with van der Waals surface area (Å²) in [5.41, 5.74) is 1.83. The van der Waals surface area contributed by atoms with Crippen LogP contribution < -0.4 is 5.32 Å². The molecule has 1 atom stereocenters. The predicted octanol–water partition coefficient (Wildman–Crippen LogP) is 1.97. The quantitative estimate of drug-likeness (QED) is 0.917. The van der Waals surface area contributed by atoms with E-state index in [1.807, 2.05) is 12.3 Å². The van der Waals surface area contributed by atoms with E-state index in [9.17, 15) is 9.18 Å². The van der Waals surface area contributed by atoms with Gasteiger partial charge in [-0.25, -0.2) is 9.07 Å². The molecule has 0 radical (unpaired) electrons. The van der Waals surface area contributed by atoms with Gasteiger partial charge in [-0.3, -0.25) is 9.69 Å². The highest BCUT2D eigenvalue weighted by Gasteiger charge is 2.23. The normalized spacial score (nSPS) is 18.3. The van der Waals surface area contributed by atoms with E-state index in [4.69, 9.17) is 0 Å². The maximum absolute atomic E-state index is 13.7. The fraction of sp³-hybridized carbons (Fsp3) is 0.412. The van der Waals surface area contributed by atoms with Crippen LogP contribution in [0.2, 0.25) is 0 Å². The van der Waals surface area contributed by atoms with Gasteiger partial charge in [-0.05, 0) is 48.7 Å². The smallest absolute Gasteiger partial charge is 0.216 e. The number of nitrogens with one attached hydrogen (secondary N) is 1. The van der Waals surface area contributed by atoms with E-state index < -0.39 is 0 Å². The second-order valence-electron chi connectivity index (χ2n) is 6.05. The summed E-state index contributed by atoms with van der Waals surface area (Å²) in [6.07, 6.45) is 4.62. The molecule has 3 rings (SSSR count). The average Bonchev–Trinajstić information content (AvgIpc) is 3.17. The number of rotatable bonds is 5. The van der Waals surface area contributed by atoms with Crippen LogP contribution in [0.5, 0.6) is 0 Å². The summed E-state index contributed by atoms with van der Waals surface area (Å²) in [7, 11) is 0. The van der Waals surface area contributed by atoms with Gasteiger partial charge in [-0.2, -0.15) is 5.10 Å². The first-order chi connectivity index (χ1) is 11.1. The van der Waals surface area contributed by atoms with Crippen molar-refractivity contribution in [1.29, 1.82) is 0 Å². The SMILES string of the molecule is CC(=O)NC[C@H]1CCN(Cc2cc(F)ccc2-n2cccn2)C1. The number of aromatic nitrogens is 2. The second kappa shape index (κ2) is 6.91. The first kappa shape index (κ1) is 15.7. The zero-order chi connectivity index (χ0) is 16.2. The Hall–Kier alpha value is -2.21. The minimum Gasteiger partial charge on any atom is -0.356 e. The monoisotopic (exact) mass is 316 g/mol. The Morgan fingerprint density at radius 1 is 1.48 bits per heavy atom. The van der Waals surface area contributed by atoms with Crippen LogP contribution in [-0.2, 0) is 11.3 Å². The minimum absolute atomic E-state index is 0.00884. The molecule has 6 heteroatoms. The average molecular weight is 316 g/mol. The van der Waals surface area contributed by atoms with Gasteiger partial charge in [0, 0.05) is 39.0 Å². The van der Waals surface area contributed by atoms with Gasteiger partial charge in [0.05, 0.1) is 5.69 Å². The Balaban J connectivity index is 1.69. The van der Waals surface area contributed by atoms with Crippen LogP contribution in [-0.4, -0.2) is 40.2 Å². The number of carbonyl (C=O) groups excluding carboxylic acids is 1. The molecular formula is C17H21FN4O. The van der Waals surface area contributed by atoms with Crippen molar-refractivity contribution in [3.05, 3.63) is 48.0 Å². The number of halogens is 1. The Morgan fingerprint density at radius 2 is 2.35 bits per heavy atom. The molecule has 1 fully saturated rings. The standard InChI is InChI=1S/C17H21FN4O/c1-13(23)19-10-14-5-8-21(11-14)12-15-9-16(18)3-4-17(15)22-7-2-6-20-22/h2-4,6-7,9,14H,5,8,10-12H2,1H3,(H,19,23)/t14-/m1/s1. The van der Waals surface area contributed by atoms with Gasteiger partial charge < -0.3 is 5.32 Å². The van der Waals surface area contributed by atoms with Gasteiger partial charge in [0.15, 0.2) is 0 Å². The molecule has 1 aromatic carbocycles. The van der Waals surface area contributed by atoms with Gasteiger partial charge in [0.25, 0.3) is 0 Å². The Morgan fingerprint density at radius 3 is 3.09 bits per heavy atom. The summed E-state index contributed by atoms with van der Waals surface area (Å²) in [6, 6.07) is 6.66. The van der Waals surface area contributed by atoms with E-state index >= 15 is 0 Å². The molecular weight excluding hydrogens is 295 g/mol. The molecule has 2 heterocycles. The van der Waals surface area contributed by atoms with Gasteiger partial charge in [-0.15, -0.1) is 0 Å². The highest BCUT2D eigenvalue weighted by molar-refractivity contribution is 5.72. The number of nitrogens with zero attached hydrogens (tertiary/aromatic N) is 3. The molecule has 1 aliphatic rings. The summed E-state index contributed by atoms with van der Waals surface area (Å²) in [6.45, 7) is 4.80. The van der Waals surface area contributed by atoms with Gasteiger partial charge in [0.1, 0.15) is 5.82 Å². The predicted molar refractivity (Wildman–Crippen MR) is 85.6 cm³/mol. The molecule has 1 N–H and O–H groups in total. The lowest BCUT2D eigenvalue weighted by Gasteiger charge is -2.18. The van der Waals surface area contributed by atoms with Gasteiger partial charge in [0.2, 0.25) is 5.91 Å². The van der Waals surface area contributed by atoms with Crippen LogP contribution in [0.1, 0.15) is 18.9 Å². The largest absolute Gasteiger partial charge is 0.356 e. The van der Waals surface area contributed by atoms with Crippen LogP contribution in [0.3, 0.4) is 0 Å². The van der Waals surface area contributed by atoms with Crippen LogP contribution in [0, 0.1) is 11.7 Å². The number of hydrogen-bond donors (Lipinski definition) is 1. The lowest BCUT2D eigenvalue weighted by molar-refractivity contribution is -0.119. The van der Waals surface area contributed by atoms with E-state index in [1.54, 1.807) is 23.0 Å². The third-order valence-corrected chi connectivity index (χ3v) is 4.20. The fourth-order valence-electron chi connectivity index (χ4n) is 3.07. The molecule has 122 valence electrons. The summed E-state index contributed by atoms with van der Waals surface area (Å²) in [5.74, 6) is 0.236. The van der Waals surface area contributed by atoms with Crippen molar-refractivity contribution in [2.24, 2.45) is 5.92 Å². The highest BCUT2D eigenvalue weighted by Crippen LogP contribution is 2.22. The number of amides is 1. The number of benzene rings is 1. The first-order valence-electron chi connectivity index (χ1n) is 7.87. The fourth-order valence-corrected chi connectivity index (χ4v) is 3.07. The van der Waals surface area contributed by atoms with Gasteiger partial charge >= 0.3 is 0 Å². The lowest BCUT2D eigenvalue weighted by Crippen LogP contribution is -2.29. The van der Waals surface area contributed by atoms with Crippen molar-refractivity contribution in [2.75, 3.05) is 19.6 Å². The molecule has 0 aliphatic carbocycles. The third-order valence-electron chi connectivity index (χ3n) is 4.20. The Labute approximate surface area is 135 Å². The zero-order valence-corrected chi connectivity index (χ0v) is 13.2. The summed E-state index contributed by atoms with van der Waals surface area (Å²) < 4.78 is 15.4. The van der Waals surface area contributed by atoms with E-state index in [2.05, 4.69) is 15.3 Å². The van der Waals surface area contributed by atoms with E-state index in [0.717, 1.165) is 30.8 Å². The third kappa shape index (κ3) is 3.96. The van der Waals surface area contributed by atoms with E-state index in [0.29, 0.717) is 19.0 Å². The molecule has 1 saturated heterocycles. The number of carbonyl (C=O) groups is 1. The van der Waals surface area contributed by atoms with Crippen LogP contribution >= 0.6 is 0 Å². The molecule has 0 bridgehead atoms. The van der Waals surface area contributed by atoms with Crippen molar-refractivity contribution in [3.63, 3.8) is 0 Å². The van der Waals surface area contributed by atoms with Crippen LogP contribution in [0.4, 0.5) is 4.39 Å². The first-order valence-corrected chi connectivity index (χ1v) is 7.87. The maximum Gasteiger partial charge on any atom is 0.216 e. The zero-order valence-electron chi connectivity index (χ0n) is 13.2. The number of likely N-dealkylation sites (tertiary alicyclic amines) is 1. The van der Waals surface area contributed by atoms with Crippen molar-refractivity contribution in [2.45, 2.75) is 19.9 Å². The molecule has 0 saturated carbocycles. The summed E-state index contributed by atoms with van der Waals surface area (Å²) in [4.78, 5) is 13.3. The van der Waals surface area contributed by atoms with Crippen LogP contribution in [0.25, 0.3) is 5.69 Å². The lowest BCUT2D eigenvalue weighted by atomic mass is 10.1. The molecule has 1 aromatic heterocycles. The van der Waals surface area contributed by atoms with E-state index in [1.165, 1.54) is 13.0 Å². The molecule has 0 spiro atoms. The van der Waals surface area contributed by atoms with E-state index in [-0.39, 0.29) is 11.7 Å². The number of hydrogen-bond acceptors (Lipinski definition) is 3. The Kier molecular flexibility index (Phi) is 4.71. The summed E-state index contributed by atoms with van der Waals surface area (Å²) >= 11 is 0. The van der Waals surface area contributed by atoms with Crippen molar-refractivity contribution in [1.82, 2.24) is 20.0 Å².